The number of pyridine rings is 1. The standard InChI is InChI=1S/C19H13F2N5O2/c1-10-7-8-26(15-9-11(20)5-6-12(15)21)19(28)16(10)18(27)22-13-3-2-4-14-17(13)24-25-23-14/h2-9H,1H3,(H,22,27)(H,23,24,25). The molecule has 0 aliphatic carbocycles. The molecule has 0 saturated heterocycles. The van der Waals surface area contributed by atoms with E-state index in [2.05, 4.69) is 20.7 Å². The maximum Gasteiger partial charge on any atom is 0.268 e. The Morgan fingerprint density at radius 1 is 1.14 bits per heavy atom. The molecular formula is C19H13F2N5O2. The molecular weight excluding hydrogens is 368 g/mol. The number of hydrogen-bond acceptors (Lipinski definition) is 4. The van der Waals surface area contributed by atoms with Crippen LogP contribution >= 0.6 is 0 Å². The summed E-state index contributed by atoms with van der Waals surface area (Å²) in [6, 6.07) is 9.25. The van der Waals surface area contributed by atoms with Crippen molar-refractivity contribution in [3.05, 3.63) is 81.8 Å². The van der Waals surface area contributed by atoms with Gasteiger partial charge in [0.15, 0.2) is 0 Å². The molecule has 7 nitrogen and oxygen atoms in total. The predicted molar refractivity (Wildman–Crippen MR) is 98.5 cm³/mol. The van der Waals surface area contributed by atoms with Gasteiger partial charge >= 0.3 is 0 Å². The number of halogens is 2. The summed E-state index contributed by atoms with van der Waals surface area (Å²) in [4.78, 5) is 25.7. The van der Waals surface area contributed by atoms with Crippen molar-refractivity contribution in [2.24, 2.45) is 0 Å². The van der Waals surface area contributed by atoms with Gasteiger partial charge in [-0.3, -0.25) is 14.2 Å². The minimum absolute atomic E-state index is 0.188. The molecule has 1 amide bonds. The average Bonchev–Trinajstić information content (AvgIpc) is 3.14. The lowest BCUT2D eigenvalue weighted by molar-refractivity contribution is 0.102. The van der Waals surface area contributed by atoms with Crippen molar-refractivity contribution in [1.82, 2.24) is 20.0 Å². The molecule has 2 N–H and O–H groups in total. The van der Waals surface area contributed by atoms with Crippen molar-refractivity contribution in [3.8, 4) is 5.69 Å². The number of para-hydroxylation sites is 1. The van der Waals surface area contributed by atoms with Gasteiger partial charge in [-0.1, -0.05) is 6.07 Å². The summed E-state index contributed by atoms with van der Waals surface area (Å²) in [7, 11) is 0. The molecule has 2 heterocycles. The Morgan fingerprint density at radius 3 is 2.79 bits per heavy atom. The van der Waals surface area contributed by atoms with E-state index in [9.17, 15) is 18.4 Å². The van der Waals surface area contributed by atoms with E-state index in [1.807, 2.05) is 0 Å². The van der Waals surface area contributed by atoms with Crippen molar-refractivity contribution in [1.29, 1.82) is 0 Å². The number of hydrogen-bond donors (Lipinski definition) is 2. The number of amides is 1. The number of nitrogens with one attached hydrogen (secondary N) is 2. The fourth-order valence-electron chi connectivity index (χ4n) is 2.92. The van der Waals surface area contributed by atoms with E-state index in [-0.39, 0.29) is 11.3 Å². The quantitative estimate of drug-likeness (QED) is 0.571. The molecule has 2 aromatic heterocycles. The fraction of sp³-hybridized carbons (Fsp3) is 0.0526. The third kappa shape index (κ3) is 2.92. The van der Waals surface area contributed by atoms with Crippen LogP contribution in [0.5, 0.6) is 0 Å². The molecule has 0 atom stereocenters. The van der Waals surface area contributed by atoms with Crippen LogP contribution in [0, 0.1) is 18.6 Å². The van der Waals surface area contributed by atoms with Gasteiger partial charge in [0.05, 0.1) is 11.4 Å². The van der Waals surface area contributed by atoms with Crippen LogP contribution in [0.4, 0.5) is 14.5 Å². The maximum atomic E-state index is 14.1. The number of aromatic nitrogens is 4. The van der Waals surface area contributed by atoms with Crippen LogP contribution in [0.1, 0.15) is 15.9 Å². The van der Waals surface area contributed by atoms with E-state index in [1.165, 1.54) is 12.3 Å². The first-order valence-electron chi connectivity index (χ1n) is 8.24. The molecule has 0 aliphatic heterocycles. The predicted octanol–water partition coefficient (Wildman–Crippen LogP) is 2.95. The van der Waals surface area contributed by atoms with Gasteiger partial charge in [-0.15, -0.1) is 0 Å². The summed E-state index contributed by atoms with van der Waals surface area (Å²) in [5.41, 5.74) is 0.492. The molecule has 2 aromatic carbocycles. The van der Waals surface area contributed by atoms with Crippen LogP contribution < -0.4 is 10.9 Å². The Kier molecular flexibility index (Phi) is 4.19. The summed E-state index contributed by atoms with van der Waals surface area (Å²) >= 11 is 0. The number of aromatic amines is 1. The monoisotopic (exact) mass is 381 g/mol. The molecule has 140 valence electrons. The van der Waals surface area contributed by atoms with Gasteiger partial charge < -0.3 is 5.32 Å². The molecule has 28 heavy (non-hydrogen) atoms. The van der Waals surface area contributed by atoms with Crippen molar-refractivity contribution < 1.29 is 13.6 Å². The van der Waals surface area contributed by atoms with Crippen LogP contribution in [-0.4, -0.2) is 25.9 Å². The highest BCUT2D eigenvalue weighted by molar-refractivity contribution is 6.08. The summed E-state index contributed by atoms with van der Waals surface area (Å²) in [5.74, 6) is -2.18. The van der Waals surface area contributed by atoms with E-state index in [4.69, 9.17) is 0 Å². The van der Waals surface area contributed by atoms with Gasteiger partial charge in [-0.2, -0.15) is 15.4 Å². The molecule has 9 heteroatoms. The third-order valence-corrected chi connectivity index (χ3v) is 4.29. The highest BCUT2D eigenvalue weighted by Gasteiger charge is 2.19. The highest BCUT2D eigenvalue weighted by Crippen LogP contribution is 2.20. The average molecular weight is 381 g/mol. The normalized spacial score (nSPS) is 11.0. The zero-order chi connectivity index (χ0) is 19.8. The smallest absolute Gasteiger partial charge is 0.268 e. The molecule has 0 unspecified atom stereocenters. The van der Waals surface area contributed by atoms with E-state index in [0.717, 1.165) is 22.8 Å². The lowest BCUT2D eigenvalue weighted by Gasteiger charge is -2.12. The highest BCUT2D eigenvalue weighted by atomic mass is 19.1. The Balaban J connectivity index is 1.79. The number of fused-ring (bicyclic) bond motifs is 1. The second-order valence-corrected chi connectivity index (χ2v) is 6.10. The molecule has 4 rings (SSSR count). The van der Waals surface area contributed by atoms with Crippen molar-refractivity contribution in [2.75, 3.05) is 5.32 Å². The Labute approximate surface area is 156 Å². The first-order chi connectivity index (χ1) is 13.5. The Bertz CT molecular complexity index is 1280. The molecule has 0 fully saturated rings. The lowest BCUT2D eigenvalue weighted by Crippen LogP contribution is -2.30. The second kappa shape index (κ2) is 6.69. The van der Waals surface area contributed by atoms with Crippen molar-refractivity contribution in [2.45, 2.75) is 6.92 Å². The molecule has 0 spiro atoms. The number of nitrogens with zero attached hydrogens (tertiary/aromatic N) is 3. The third-order valence-electron chi connectivity index (χ3n) is 4.29. The number of H-pyrrole nitrogens is 1. The fourth-order valence-corrected chi connectivity index (χ4v) is 2.92. The van der Waals surface area contributed by atoms with Gasteiger partial charge in [0.25, 0.3) is 11.5 Å². The Morgan fingerprint density at radius 2 is 1.96 bits per heavy atom. The van der Waals surface area contributed by atoms with E-state index >= 15 is 0 Å². The van der Waals surface area contributed by atoms with Crippen molar-refractivity contribution in [3.63, 3.8) is 0 Å². The zero-order valence-corrected chi connectivity index (χ0v) is 14.5. The SMILES string of the molecule is Cc1ccn(-c2cc(F)ccc2F)c(=O)c1C(=O)Nc1cccc2n[nH]nc12. The summed E-state index contributed by atoms with van der Waals surface area (Å²) in [5, 5.41) is 13.0. The number of carbonyl (C=O) groups is 1. The van der Waals surface area contributed by atoms with E-state index < -0.39 is 23.1 Å². The van der Waals surface area contributed by atoms with Crippen molar-refractivity contribution >= 4 is 22.6 Å². The number of rotatable bonds is 3. The number of carbonyl (C=O) groups excluding carboxylic acids is 1. The van der Waals surface area contributed by atoms with Crippen LogP contribution in [0.2, 0.25) is 0 Å². The second-order valence-electron chi connectivity index (χ2n) is 6.10. The number of aryl methyl sites for hydroxylation is 1. The maximum absolute atomic E-state index is 14.1. The van der Waals surface area contributed by atoms with Crippen LogP contribution in [-0.2, 0) is 0 Å². The molecule has 4 aromatic rings. The summed E-state index contributed by atoms with van der Waals surface area (Å²) in [6.07, 6.45) is 1.30. The van der Waals surface area contributed by atoms with Gasteiger partial charge in [0.1, 0.15) is 28.2 Å². The van der Waals surface area contributed by atoms with Gasteiger partial charge in [-0.05, 0) is 42.8 Å². The minimum atomic E-state index is -0.786. The van der Waals surface area contributed by atoms with Crippen LogP contribution in [0.15, 0.2) is 53.5 Å². The molecule has 0 saturated carbocycles. The molecule has 0 aliphatic rings. The zero-order valence-electron chi connectivity index (χ0n) is 14.5. The van der Waals surface area contributed by atoms with Gasteiger partial charge in [0.2, 0.25) is 0 Å². The number of benzene rings is 2. The van der Waals surface area contributed by atoms with Crippen LogP contribution in [0.25, 0.3) is 16.7 Å². The van der Waals surface area contributed by atoms with E-state index in [1.54, 1.807) is 25.1 Å². The van der Waals surface area contributed by atoms with E-state index in [0.29, 0.717) is 22.3 Å². The van der Waals surface area contributed by atoms with Gasteiger partial charge in [-0.25, -0.2) is 8.78 Å². The summed E-state index contributed by atoms with van der Waals surface area (Å²) < 4.78 is 28.5. The molecule has 0 bridgehead atoms. The minimum Gasteiger partial charge on any atom is -0.320 e. The Hall–Kier alpha value is -3.88. The topological polar surface area (TPSA) is 92.7 Å². The molecule has 0 radical (unpaired) electrons. The first kappa shape index (κ1) is 17.5. The largest absolute Gasteiger partial charge is 0.320 e. The van der Waals surface area contributed by atoms with Gasteiger partial charge in [0, 0.05) is 12.3 Å². The summed E-state index contributed by atoms with van der Waals surface area (Å²) in [6.45, 7) is 1.58. The van der Waals surface area contributed by atoms with Crippen LogP contribution in [0.3, 0.4) is 0 Å². The number of anilines is 1. The first-order valence-corrected chi connectivity index (χ1v) is 8.24. The lowest BCUT2D eigenvalue weighted by atomic mass is 10.1.